The number of thioether (sulfide) groups is 1. The van der Waals surface area contributed by atoms with Gasteiger partial charge in [-0.2, -0.15) is 4.42 Å². The molecule has 2 fully saturated rings. The minimum absolute atomic E-state index is 0.0457. The maximum Gasteiger partial charge on any atom is 0.357 e. The molecule has 18 rings (SSSR count). The number of esters is 2. The van der Waals surface area contributed by atoms with Crippen molar-refractivity contribution in [2.75, 3.05) is 25.3 Å². The van der Waals surface area contributed by atoms with Crippen LogP contribution in [0.25, 0.3) is 65.4 Å². The SMILES string of the molecule is CC1(C)C(=O)N(Cl)C(=O)N1Cl.COC=C1C(=O)OC(C)(C)OC1=O.COc1ccc(CNc2nccs2)cc1.Cc1cc2c(=O)cc[nH]c2cc1Br.Cc1cc2c(Cl)ccnc2cc1Br.Cc1cc2c(Cl)ccnc2cc1Br.Cc1cc2c(Cl)ccnc2cc1S(=O)(=O)Cl.Cc1cc2c(Cl)ccnc2cc1SCc1ccccc1.Cc1ccc(N)cc1Br.Cc1ccc2[nH]ccc(=O)c2c1Br. The number of carbonyl (C=O) groups is 4. The van der Waals surface area contributed by atoms with Gasteiger partial charge in [-0.25, -0.2) is 32.2 Å². The quantitative estimate of drug-likeness (QED) is 0.0120. The number of amides is 3. The minimum Gasteiger partial charge on any atom is -0.503 e. The van der Waals surface area contributed by atoms with Crippen LogP contribution in [-0.4, -0.2) is 102 Å². The van der Waals surface area contributed by atoms with E-state index in [1.165, 1.54) is 97.5 Å². The van der Waals surface area contributed by atoms with Crippen molar-refractivity contribution in [3.05, 3.63) is 356 Å². The summed E-state index contributed by atoms with van der Waals surface area (Å²) in [5.74, 6) is -1.33. The predicted octanol–water partition coefficient (Wildman–Crippen LogP) is 28.5. The number of aromatic nitrogens is 7. The monoisotopic (exact) mass is 2340 g/mol. The van der Waals surface area contributed by atoms with Gasteiger partial charge < -0.3 is 40.0 Å². The number of methoxy groups -OCH3 is 2. The van der Waals surface area contributed by atoms with Crippen LogP contribution in [0, 0.1) is 48.5 Å². The van der Waals surface area contributed by atoms with Crippen molar-refractivity contribution in [3.8, 4) is 5.75 Å². The number of halogens is 12. The molecule has 9 aromatic carbocycles. The standard InChI is InChI=1S/C17H14ClNS.C11H12N2OS.2C10H7BrClN.2C10H8BrNO.C10H7Cl2NO2S.C8H10O5.C7H8BrN.C5H6Cl2N2O2/c1-12-9-14-15(18)7-8-19-16(14)10-17(12)20-11-13-5-3-2-4-6-13;1-14-10-4-2-9(3-5-10)8-13-11-12-6-7-15-11;2*1-6-4-7-9(12)2-3-13-10(7)5-8(6)11;1-6-4-7-9(5-8(6)11)12-3-2-10(7)13;1-6-2-3-7-9(10(6)11)8(13)4-5-12-7;1-6-4-7-8(11)2-3-13-9(7)5-10(6)16(12,14)15;1-8(2)12-6(9)5(4-11-3)7(10)13-8;1-5-2-3-6(9)4-7(5)8;1-5(2)3(10)8(6)4(11)9(5)7/h2-10H,11H2,1H3;2-7H,8H2,1H3,(H,12,13);2*2-5H,1H3;2*2-5H,1H3,(H,12,13);2-5H,1H3;4H,1-3H3;2-4H,9H2,1H3;1-2H3. The van der Waals surface area contributed by atoms with E-state index in [-0.39, 0.29) is 21.3 Å². The maximum absolute atomic E-state index is 11.5. The first-order chi connectivity index (χ1) is 64.3. The van der Waals surface area contributed by atoms with E-state index < -0.39 is 44.3 Å². The number of rotatable bonds is 9. The molecule has 0 unspecified atom stereocenters. The number of carbonyl (C=O) groups excluding carboxylic acids is 4. The number of hydrogen-bond donors (Lipinski definition) is 4. The fraction of sp³-hybridized carbons (Fsp3) is 0.173. The van der Waals surface area contributed by atoms with Crippen molar-refractivity contribution in [1.29, 1.82) is 0 Å². The third-order valence-corrected chi connectivity index (χ3v) is 29.7. The van der Waals surface area contributed by atoms with E-state index in [2.05, 4.69) is 168 Å². The fourth-order valence-electron chi connectivity index (χ4n) is 12.2. The molecule has 5 N–H and O–H groups in total. The molecule has 38 heteroatoms. The molecule has 9 heterocycles. The summed E-state index contributed by atoms with van der Waals surface area (Å²) in [6, 6.07) is 56.8. The molecule has 23 nitrogen and oxygen atoms in total. The Hall–Kier alpha value is -9.78. The van der Waals surface area contributed by atoms with Gasteiger partial charge in [0.05, 0.1) is 77.7 Å². The number of anilines is 2. The molecule has 0 atom stereocenters. The highest BCUT2D eigenvalue weighted by Gasteiger charge is 2.51. The zero-order valence-corrected chi connectivity index (χ0v) is 90.5. The van der Waals surface area contributed by atoms with Crippen molar-refractivity contribution in [3.63, 3.8) is 0 Å². The number of H-pyrrole nitrogens is 2. The first-order valence-electron chi connectivity index (χ1n) is 40.4. The normalized spacial score (nSPS) is 12.6. The van der Waals surface area contributed by atoms with Gasteiger partial charge in [-0.15, -0.1) is 23.1 Å². The second kappa shape index (κ2) is 50.7. The molecule has 0 bridgehead atoms. The van der Waals surface area contributed by atoms with Gasteiger partial charge in [0.25, 0.3) is 20.7 Å². The van der Waals surface area contributed by atoms with E-state index >= 15 is 0 Å². The van der Waals surface area contributed by atoms with Crippen LogP contribution in [-0.2, 0) is 49.9 Å². The lowest BCUT2D eigenvalue weighted by atomic mass is 10.1. The Morgan fingerprint density at radius 2 is 0.985 bits per heavy atom. The summed E-state index contributed by atoms with van der Waals surface area (Å²) >= 11 is 55.6. The number of aromatic amines is 2. The van der Waals surface area contributed by atoms with Crippen molar-refractivity contribution in [2.45, 2.75) is 110 Å². The number of urea groups is 1. The van der Waals surface area contributed by atoms with Crippen LogP contribution in [0.15, 0.2) is 284 Å². The molecule has 0 spiro atoms. The smallest absolute Gasteiger partial charge is 0.357 e. The van der Waals surface area contributed by atoms with Crippen LogP contribution >= 0.6 is 183 Å². The maximum atomic E-state index is 11.5. The molecule has 708 valence electrons. The molecular weight excluding hydrogens is 2270 g/mol. The lowest BCUT2D eigenvalue weighted by molar-refractivity contribution is -0.222. The number of aryl methyl sites for hydroxylation is 7. The number of ether oxygens (including phenoxy) is 4. The van der Waals surface area contributed by atoms with Crippen molar-refractivity contribution in [2.24, 2.45) is 0 Å². The molecule has 7 aromatic heterocycles. The van der Waals surface area contributed by atoms with Gasteiger partial charge in [0.15, 0.2) is 21.6 Å². The summed E-state index contributed by atoms with van der Waals surface area (Å²) in [4.78, 5) is 95.6. The summed E-state index contributed by atoms with van der Waals surface area (Å²) in [5.41, 5.74) is 20.2. The number of imide groups is 1. The summed E-state index contributed by atoms with van der Waals surface area (Å²) in [5, 5.41) is 14.2. The fourth-order valence-corrected chi connectivity index (χ4v) is 18.2. The number of benzene rings is 9. The second-order valence-electron chi connectivity index (χ2n) is 30.5. The number of nitrogens with one attached hydrogen (secondary N) is 3. The molecule has 2 aliphatic rings. The van der Waals surface area contributed by atoms with E-state index in [1.54, 1.807) is 86.8 Å². The molecule has 3 amide bonds. The number of hydrogen-bond acceptors (Lipinski definition) is 21. The highest BCUT2D eigenvalue weighted by molar-refractivity contribution is 9.11. The van der Waals surface area contributed by atoms with E-state index in [9.17, 15) is 37.2 Å². The molecule has 0 radical (unpaired) electrons. The predicted molar refractivity (Wildman–Crippen MR) is 571 cm³/mol. The van der Waals surface area contributed by atoms with Gasteiger partial charge in [0.2, 0.25) is 0 Å². The number of fused-ring (bicyclic) bond motifs is 6. The van der Waals surface area contributed by atoms with Gasteiger partial charge in [-0.3, -0.25) is 34.3 Å². The van der Waals surface area contributed by atoms with Gasteiger partial charge in [-0.05, 0) is 244 Å². The average molecular weight is 2350 g/mol. The van der Waals surface area contributed by atoms with Gasteiger partial charge in [0, 0.05) is 181 Å². The molecular formula is C98H87Br5Cl7N11O12S3. The van der Waals surface area contributed by atoms with Crippen LogP contribution in [0.3, 0.4) is 0 Å². The largest absolute Gasteiger partial charge is 0.503 e. The van der Waals surface area contributed by atoms with Crippen molar-refractivity contribution >= 4 is 293 Å². The van der Waals surface area contributed by atoms with Crippen LogP contribution in [0.2, 0.25) is 20.1 Å². The summed E-state index contributed by atoms with van der Waals surface area (Å²) in [7, 11) is 4.56. The number of nitrogens with zero attached hydrogens (tertiary/aromatic N) is 7. The average Bonchev–Trinajstić information content (AvgIpc) is 1.74. The summed E-state index contributed by atoms with van der Waals surface area (Å²) < 4.78 is 48.1. The highest BCUT2D eigenvalue weighted by atomic mass is 79.9. The highest BCUT2D eigenvalue weighted by Crippen LogP contribution is 2.36. The first kappa shape index (κ1) is 110. The number of thiazole rings is 1. The molecule has 0 aliphatic carbocycles. The topological polar surface area (TPSA) is 314 Å². The lowest BCUT2D eigenvalue weighted by Gasteiger charge is -2.29. The summed E-state index contributed by atoms with van der Waals surface area (Å²) in [6.07, 6.45) is 12.8. The Morgan fingerprint density at radius 1 is 0.515 bits per heavy atom. The zero-order chi connectivity index (χ0) is 99.8. The molecule has 2 aliphatic heterocycles. The number of pyridine rings is 6. The van der Waals surface area contributed by atoms with Gasteiger partial charge in [-0.1, -0.05) is 165 Å². The molecule has 16 aromatic rings. The first-order valence-corrected chi connectivity index (χ1v) is 50.8. The van der Waals surface area contributed by atoms with E-state index in [0.717, 1.165) is 143 Å². The van der Waals surface area contributed by atoms with Crippen LogP contribution < -0.4 is 26.6 Å². The van der Waals surface area contributed by atoms with Gasteiger partial charge in [0.1, 0.15) is 17.6 Å². The Kier molecular flexibility index (Phi) is 41.0. The third-order valence-electron chi connectivity index (χ3n) is 19.6. The van der Waals surface area contributed by atoms with Crippen LogP contribution in [0.4, 0.5) is 15.6 Å². The second-order valence-corrected chi connectivity index (χ2v) is 41.5. The minimum atomic E-state index is -3.75. The van der Waals surface area contributed by atoms with Crippen molar-refractivity contribution < 1.29 is 46.5 Å². The Labute approximate surface area is 870 Å². The van der Waals surface area contributed by atoms with Crippen molar-refractivity contribution in [1.82, 2.24) is 43.7 Å². The van der Waals surface area contributed by atoms with E-state index in [0.29, 0.717) is 25.9 Å². The zero-order valence-electron chi connectivity index (χ0n) is 74.8. The van der Waals surface area contributed by atoms with Crippen LogP contribution in [0.1, 0.15) is 77.8 Å². The Balaban J connectivity index is 0.000000170. The van der Waals surface area contributed by atoms with E-state index in [1.807, 2.05) is 155 Å². The van der Waals surface area contributed by atoms with Gasteiger partial charge >= 0.3 is 18.0 Å². The number of nitrogens with two attached hydrogens (primary N) is 1. The lowest BCUT2D eigenvalue weighted by Crippen LogP contribution is -2.41. The van der Waals surface area contributed by atoms with E-state index in [4.69, 9.17) is 101 Å². The Bertz CT molecular complexity index is 7210. The molecule has 0 saturated carbocycles. The summed E-state index contributed by atoms with van der Waals surface area (Å²) in [6.45, 7) is 20.6. The van der Waals surface area contributed by atoms with Crippen LogP contribution in [0.5, 0.6) is 5.75 Å². The number of nitrogen functional groups attached to an aromatic ring is 1. The molecule has 136 heavy (non-hydrogen) atoms. The Morgan fingerprint density at radius 3 is 1.45 bits per heavy atom. The molecule has 2 saturated heterocycles. The third kappa shape index (κ3) is 30.6. The number of cyclic esters (lactones) is 2.